The largest absolute Gasteiger partial charge is 0.396 e. The first-order chi connectivity index (χ1) is 10.3. The number of hydrogen-bond acceptors (Lipinski definition) is 4. The average molecular weight is 306 g/mol. The molecule has 0 radical (unpaired) electrons. The third kappa shape index (κ3) is 3.40. The number of thioether (sulfide) groups is 1. The maximum absolute atomic E-state index is 12.1. The Balaban J connectivity index is 1.44. The van der Waals surface area contributed by atoms with E-state index in [2.05, 4.69) is 10.3 Å². The number of carbonyl (C=O) groups excluding carboxylic acids is 1. The number of aliphatic hydroxyl groups is 1. The van der Waals surface area contributed by atoms with Crippen molar-refractivity contribution in [3.63, 3.8) is 0 Å². The lowest BCUT2D eigenvalue weighted by molar-refractivity contribution is -0.122. The van der Waals surface area contributed by atoms with Crippen LogP contribution < -0.4 is 5.32 Å². The summed E-state index contributed by atoms with van der Waals surface area (Å²) in [5.41, 5.74) is 0. The number of carbonyl (C=O) groups is 1. The second-order valence-corrected chi connectivity index (χ2v) is 7.15. The molecule has 114 valence electrons. The summed E-state index contributed by atoms with van der Waals surface area (Å²) < 4.78 is 0. The van der Waals surface area contributed by atoms with Crippen molar-refractivity contribution >= 4 is 17.7 Å². The molecule has 4 atom stereocenters. The Bertz CT molecular complexity index is 482. The maximum atomic E-state index is 12.1. The summed E-state index contributed by atoms with van der Waals surface area (Å²) in [5.74, 6) is 2.33. The Kier molecular flexibility index (Phi) is 4.80. The first-order valence-electron chi connectivity index (χ1n) is 7.72. The molecule has 21 heavy (non-hydrogen) atoms. The zero-order chi connectivity index (χ0) is 14.7. The highest BCUT2D eigenvalue weighted by Gasteiger charge is 2.47. The second-order valence-electron chi connectivity index (χ2n) is 6.04. The van der Waals surface area contributed by atoms with Crippen molar-refractivity contribution in [2.24, 2.45) is 17.8 Å². The molecule has 4 unspecified atom stereocenters. The van der Waals surface area contributed by atoms with Crippen molar-refractivity contribution < 1.29 is 9.90 Å². The predicted molar refractivity (Wildman–Crippen MR) is 82.9 cm³/mol. The second kappa shape index (κ2) is 6.79. The highest BCUT2D eigenvalue weighted by molar-refractivity contribution is 7.99. The Hall–Kier alpha value is -1.07. The van der Waals surface area contributed by atoms with Crippen LogP contribution in [0.4, 0.5) is 0 Å². The molecule has 5 heteroatoms. The fourth-order valence-electron chi connectivity index (χ4n) is 3.84. The lowest BCUT2D eigenvalue weighted by atomic mass is 9.85. The van der Waals surface area contributed by atoms with Gasteiger partial charge in [0, 0.05) is 36.9 Å². The minimum atomic E-state index is 0.106. The van der Waals surface area contributed by atoms with Crippen LogP contribution in [0.2, 0.25) is 0 Å². The van der Waals surface area contributed by atoms with Crippen LogP contribution in [0, 0.1) is 17.8 Å². The fraction of sp³-hybridized carbons (Fsp3) is 0.625. The van der Waals surface area contributed by atoms with E-state index in [0.29, 0.717) is 18.3 Å². The number of nitrogens with zero attached hydrogens (tertiary/aromatic N) is 1. The van der Waals surface area contributed by atoms with E-state index < -0.39 is 0 Å². The summed E-state index contributed by atoms with van der Waals surface area (Å²) in [4.78, 5) is 16.3. The molecule has 0 saturated heterocycles. The summed E-state index contributed by atoms with van der Waals surface area (Å²) in [6.45, 7) is 0.203. The Morgan fingerprint density at radius 3 is 3.00 bits per heavy atom. The zero-order valence-corrected chi connectivity index (χ0v) is 12.9. The van der Waals surface area contributed by atoms with Crippen molar-refractivity contribution in [1.29, 1.82) is 0 Å². The molecular weight excluding hydrogens is 284 g/mol. The van der Waals surface area contributed by atoms with Crippen molar-refractivity contribution in [1.82, 2.24) is 10.3 Å². The highest BCUT2D eigenvalue weighted by atomic mass is 32.2. The van der Waals surface area contributed by atoms with E-state index in [1.165, 1.54) is 19.3 Å². The molecule has 2 aliphatic rings. The van der Waals surface area contributed by atoms with Gasteiger partial charge in [0.05, 0.1) is 5.03 Å². The van der Waals surface area contributed by atoms with Gasteiger partial charge in [-0.1, -0.05) is 6.07 Å². The summed E-state index contributed by atoms with van der Waals surface area (Å²) in [7, 11) is 0. The van der Waals surface area contributed by atoms with E-state index in [1.807, 2.05) is 18.2 Å². The molecule has 0 aliphatic heterocycles. The van der Waals surface area contributed by atoms with Gasteiger partial charge in [0.15, 0.2) is 0 Å². The van der Waals surface area contributed by atoms with E-state index >= 15 is 0 Å². The molecule has 2 saturated carbocycles. The average Bonchev–Trinajstić information content (AvgIpc) is 3.09. The molecule has 2 fully saturated rings. The monoisotopic (exact) mass is 306 g/mol. The number of pyridine rings is 1. The number of fused-ring (bicyclic) bond motifs is 2. The minimum Gasteiger partial charge on any atom is -0.396 e. The third-order valence-corrected chi connectivity index (χ3v) is 5.79. The molecule has 1 aromatic heterocycles. The standard InChI is InChI=1S/C16H22N2O2S/c19-10-13-11-4-5-12(9-11)16(13)18-14(20)6-8-21-15-3-1-2-7-17-15/h1-3,7,11-13,16,19H,4-6,8-10H2,(H,18,20). The van der Waals surface area contributed by atoms with Crippen molar-refractivity contribution in [2.45, 2.75) is 36.8 Å². The van der Waals surface area contributed by atoms with Gasteiger partial charge < -0.3 is 10.4 Å². The summed E-state index contributed by atoms with van der Waals surface area (Å²) in [6.07, 6.45) is 5.88. The van der Waals surface area contributed by atoms with Crippen molar-refractivity contribution in [2.75, 3.05) is 12.4 Å². The molecule has 2 aliphatic carbocycles. The van der Waals surface area contributed by atoms with Gasteiger partial charge in [-0.15, -0.1) is 11.8 Å². The van der Waals surface area contributed by atoms with E-state index in [4.69, 9.17) is 0 Å². The van der Waals surface area contributed by atoms with Crippen molar-refractivity contribution in [3.05, 3.63) is 24.4 Å². The topological polar surface area (TPSA) is 62.2 Å². The maximum Gasteiger partial charge on any atom is 0.221 e. The smallest absolute Gasteiger partial charge is 0.221 e. The van der Waals surface area contributed by atoms with Crippen LogP contribution in [0.1, 0.15) is 25.7 Å². The van der Waals surface area contributed by atoms with Crippen LogP contribution in [0.25, 0.3) is 0 Å². The van der Waals surface area contributed by atoms with Crippen LogP contribution in [0.3, 0.4) is 0 Å². The van der Waals surface area contributed by atoms with Gasteiger partial charge in [-0.25, -0.2) is 4.98 Å². The Morgan fingerprint density at radius 1 is 1.38 bits per heavy atom. The number of amides is 1. The van der Waals surface area contributed by atoms with Crippen LogP contribution in [-0.4, -0.2) is 34.4 Å². The molecule has 2 N–H and O–H groups in total. The van der Waals surface area contributed by atoms with Crippen LogP contribution >= 0.6 is 11.8 Å². The number of nitrogens with one attached hydrogen (secondary N) is 1. The molecule has 4 nitrogen and oxygen atoms in total. The van der Waals surface area contributed by atoms with Gasteiger partial charge in [0.2, 0.25) is 5.91 Å². The number of rotatable bonds is 6. The molecule has 0 aromatic carbocycles. The van der Waals surface area contributed by atoms with Gasteiger partial charge in [0.1, 0.15) is 0 Å². The minimum absolute atomic E-state index is 0.106. The number of aromatic nitrogens is 1. The van der Waals surface area contributed by atoms with Gasteiger partial charge >= 0.3 is 0 Å². The molecule has 1 aromatic rings. The molecule has 1 heterocycles. The van der Waals surface area contributed by atoms with Crippen LogP contribution in [-0.2, 0) is 4.79 Å². The van der Waals surface area contributed by atoms with Gasteiger partial charge in [0.25, 0.3) is 0 Å². The fourth-order valence-corrected chi connectivity index (χ4v) is 4.64. The van der Waals surface area contributed by atoms with Crippen LogP contribution in [0.15, 0.2) is 29.4 Å². The molecule has 1 amide bonds. The first kappa shape index (κ1) is 14.9. The Labute approximate surface area is 129 Å². The molecule has 3 rings (SSSR count). The lowest BCUT2D eigenvalue weighted by Gasteiger charge is -2.30. The van der Waals surface area contributed by atoms with Crippen molar-refractivity contribution in [3.8, 4) is 0 Å². The normalized spacial score (nSPS) is 30.5. The third-order valence-electron chi connectivity index (χ3n) is 4.84. The quantitative estimate of drug-likeness (QED) is 0.790. The molecular formula is C16H22N2O2S. The zero-order valence-electron chi connectivity index (χ0n) is 12.1. The van der Waals surface area contributed by atoms with Gasteiger partial charge in [-0.3, -0.25) is 4.79 Å². The van der Waals surface area contributed by atoms with Crippen LogP contribution in [0.5, 0.6) is 0 Å². The number of aliphatic hydroxyl groups excluding tert-OH is 1. The number of hydrogen-bond donors (Lipinski definition) is 2. The summed E-state index contributed by atoms with van der Waals surface area (Å²) in [6, 6.07) is 6.00. The van der Waals surface area contributed by atoms with Gasteiger partial charge in [-0.05, 0) is 43.2 Å². The van der Waals surface area contributed by atoms with E-state index in [-0.39, 0.29) is 24.5 Å². The summed E-state index contributed by atoms with van der Waals surface area (Å²) >= 11 is 1.61. The first-order valence-corrected chi connectivity index (χ1v) is 8.70. The SMILES string of the molecule is O=C(CCSc1ccccn1)NC1C2CCC(C2)C1CO. The van der Waals surface area contributed by atoms with E-state index in [1.54, 1.807) is 18.0 Å². The van der Waals surface area contributed by atoms with E-state index in [0.717, 1.165) is 10.8 Å². The predicted octanol–water partition coefficient (Wildman–Crippen LogP) is 2.09. The lowest BCUT2D eigenvalue weighted by Crippen LogP contribution is -2.45. The molecule has 2 bridgehead atoms. The molecule has 0 spiro atoms. The van der Waals surface area contributed by atoms with Gasteiger partial charge in [-0.2, -0.15) is 0 Å². The summed E-state index contributed by atoms with van der Waals surface area (Å²) in [5, 5.41) is 13.7. The Morgan fingerprint density at radius 2 is 2.24 bits per heavy atom. The van der Waals surface area contributed by atoms with E-state index in [9.17, 15) is 9.90 Å². The highest BCUT2D eigenvalue weighted by Crippen LogP contribution is 2.48.